The summed E-state index contributed by atoms with van der Waals surface area (Å²) in [6.07, 6.45) is -0.322. The molecule has 2 heterocycles. The number of nitriles is 1. The summed E-state index contributed by atoms with van der Waals surface area (Å²) in [7, 11) is -3.11. The highest BCUT2D eigenvalue weighted by atomic mass is 32.2. The Balaban J connectivity index is 2.43. The average molecular weight is 404 g/mol. The molecule has 0 aliphatic carbocycles. The summed E-state index contributed by atoms with van der Waals surface area (Å²) in [5.74, 6) is -3.63. The van der Waals surface area contributed by atoms with Gasteiger partial charge in [-0.15, -0.1) is 11.8 Å². The van der Waals surface area contributed by atoms with Gasteiger partial charge in [0.15, 0.2) is 9.84 Å². The van der Waals surface area contributed by atoms with Crippen LogP contribution in [0.4, 0.5) is 0 Å². The first-order valence-corrected chi connectivity index (χ1v) is 10.0. The summed E-state index contributed by atoms with van der Waals surface area (Å²) in [4.78, 5) is 33.9. The van der Waals surface area contributed by atoms with Crippen LogP contribution in [0.3, 0.4) is 0 Å². The van der Waals surface area contributed by atoms with E-state index in [-0.39, 0.29) is 24.4 Å². The van der Waals surface area contributed by atoms with E-state index in [0.717, 1.165) is 30.7 Å². The highest BCUT2D eigenvalue weighted by Crippen LogP contribution is 2.50. The molecule has 1 amide bonds. The maximum atomic E-state index is 12.7. The Bertz CT molecular complexity index is 828. The summed E-state index contributed by atoms with van der Waals surface area (Å²) in [5.41, 5.74) is -0.232. The number of thioether (sulfide) groups is 1. The van der Waals surface area contributed by atoms with Crippen molar-refractivity contribution < 1.29 is 37.4 Å². The number of methoxy groups -OCH3 is 1. The summed E-state index contributed by atoms with van der Waals surface area (Å²) in [6, 6.07) is 1.70. The number of carboxylic acids is 1. The highest BCUT2D eigenvalue weighted by molar-refractivity contribution is 8.02. The van der Waals surface area contributed by atoms with Gasteiger partial charge in [-0.1, -0.05) is 0 Å². The maximum Gasteiger partial charge on any atom is 0.352 e. The molecule has 0 radical (unpaired) electrons. The van der Waals surface area contributed by atoms with E-state index in [0.29, 0.717) is 0 Å². The quantitative estimate of drug-likeness (QED) is 0.433. The normalized spacial score (nSPS) is 25.2. The van der Waals surface area contributed by atoms with Crippen LogP contribution in [-0.2, 0) is 33.7 Å². The van der Waals surface area contributed by atoms with Crippen LogP contribution < -0.4 is 0 Å². The van der Waals surface area contributed by atoms with Crippen molar-refractivity contribution in [3.05, 3.63) is 11.3 Å². The van der Waals surface area contributed by atoms with Gasteiger partial charge in [-0.05, 0) is 0 Å². The number of carbonyl (C=O) groups excluding carboxylic acids is 2. The van der Waals surface area contributed by atoms with E-state index in [1.165, 1.54) is 0 Å². The third kappa shape index (κ3) is 2.95. The number of rotatable bonds is 7. The number of ether oxygens (including phenoxy) is 2. The lowest BCUT2D eigenvalue weighted by Gasteiger charge is -2.54. The molecule has 0 saturated carbocycles. The van der Waals surface area contributed by atoms with E-state index >= 15 is 0 Å². The number of β-lactam (4-membered cyclic amide) rings is 1. The van der Waals surface area contributed by atoms with Gasteiger partial charge in [0.25, 0.3) is 10.8 Å². The van der Waals surface area contributed by atoms with Gasteiger partial charge in [-0.3, -0.25) is 14.5 Å². The van der Waals surface area contributed by atoms with Gasteiger partial charge in [0.1, 0.15) is 17.7 Å². The lowest BCUT2D eigenvalue weighted by molar-refractivity contribution is -0.168. The molecule has 10 nitrogen and oxygen atoms in total. The number of hydrogen-bond acceptors (Lipinski definition) is 9. The van der Waals surface area contributed by atoms with Crippen LogP contribution in [0.2, 0.25) is 0 Å². The van der Waals surface area contributed by atoms with E-state index in [9.17, 15) is 27.9 Å². The number of fused-ring (bicyclic) bond motifs is 1. The molecule has 2 aliphatic rings. The number of carboxylic acid groups (broad SMARTS) is 1. The van der Waals surface area contributed by atoms with E-state index in [4.69, 9.17) is 14.7 Å². The summed E-state index contributed by atoms with van der Waals surface area (Å²) < 4.78 is 35.1. The predicted octanol–water partition coefficient (Wildman–Crippen LogP) is -0.526. The zero-order chi connectivity index (χ0) is 19.7. The van der Waals surface area contributed by atoms with Crippen LogP contribution in [0.25, 0.3) is 0 Å². The van der Waals surface area contributed by atoms with Gasteiger partial charge in [0, 0.05) is 31.8 Å². The van der Waals surface area contributed by atoms with Crippen molar-refractivity contribution in [1.82, 2.24) is 4.90 Å². The molecule has 1 N–H and O–H groups in total. The van der Waals surface area contributed by atoms with Crippen molar-refractivity contribution in [3.63, 3.8) is 0 Å². The highest BCUT2D eigenvalue weighted by Gasteiger charge is 2.72. The molecule has 142 valence electrons. The number of esters is 1. The fourth-order valence-electron chi connectivity index (χ4n) is 2.79. The lowest BCUT2D eigenvalue weighted by atomic mass is 10.0. The SMILES string of the molecule is CO[C@@]1(S(=O)(=O)CCC#N)C(=O)N2C(C(=O)O)=C(COC(C)=O)CS[C@H]21. The minimum absolute atomic E-state index is 0.0439. The molecule has 12 heteroatoms. The molecule has 0 aromatic heterocycles. The Morgan fingerprint density at radius 2 is 2.15 bits per heavy atom. The molecule has 2 atom stereocenters. The molecular formula is C14H16N2O8S2. The largest absolute Gasteiger partial charge is 0.477 e. The van der Waals surface area contributed by atoms with Gasteiger partial charge in [0.2, 0.25) is 0 Å². The molecule has 2 aliphatic heterocycles. The van der Waals surface area contributed by atoms with Crippen molar-refractivity contribution in [2.45, 2.75) is 23.7 Å². The Labute approximate surface area is 153 Å². The van der Waals surface area contributed by atoms with Crippen LogP contribution in [0.15, 0.2) is 11.3 Å². The van der Waals surface area contributed by atoms with Crippen molar-refractivity contribution in [2.24, 2.45) is 0 Å². The second-order valence-electron chi connectivity index (χ2n) is 5.47. The standard InChI is InChI=1S/C14H16N2O8S2/c1-8(17)24-6-9-7-25-13-14(23-2,26(21,22)5-3-4-15)12(20)16(13)10(9)11(18)19/h13H,3,5-7H2,1-2H3,(H,18,19)/t13-,14+/m0/s1. The topological polar surface area (TPSA) is 151 Å². The molecule has 0 bridgehead atoms. The van der Waals surface area contributed by atoms with Crippen LogP contribution in [0.1, 0.15) is 13.3 Å². The van der Waals surface area contributed by atoms with Crippen LogP contribution in [-0.4, -0.2) is 71.8 Å². The van der Waals surface area contributed by atoms with Gasteiger partial charge < -0.3 is 14.6 Å². The second kappa shape index (κ2) is 7.26. The number of carbonyl (C=O) groups is 3. The van der Waals surface area contributed by atoms with E-state index in [2.05, 4.69) is 0 Å². The van der Waals surface area contributed by atoms with Gasteiger partial charge in [0.05, 0.1) is 11.8 Å². The zero-order valence-corrected chi connectivity index (χ0v) is 15.6. The fourth-order valence-corrected chi connectivity index (χ4v) is 6.48. The smallest absolute Gasteiger partial charge is 0.352 e. The first-order chi connectivity index (χ1) is 12.1. The first-order valence-electron chi connectivity index (χ1n) is 7.32. The minimum Gasteiger partial charge on any atom is -0.477 e. The number of hydrogen-bond donors (Lipinski definition) is 1. The third-order valence-electron chi connectivity index (χ3n) is 3.97. The Morgan fingerprint density at radius 3 is 2.65 bits per heavy atom. The number of aliphatic carboxylic acids is 1. The van der Waals surface area contributed by atoms with Crippen molar-refractivity contribution in [2.75, 3.05) is 25.2 Å². The molecule has 1 saturated heterocycles. The van der Waals surface area contributed by atoms with Crippen LogP contribution in [0, 0.1) is 11.3 Å². The van der Waals surface area contributed by atoms with Crippen molar-refractivity contribution in [3.8, 4) is 6.07 Å². The number of sulfone groups is 1. The van der Waals surface area contributed by atoms with Gasteiger partial charge >= 0.3 is 11.9 Å². The van der Waals surface area contributed by atoms with Crippen molar-refractivity contribution >= 4 is 39.4 Å². The maximum absolute atomic E-state index is 12.7. The molecule has 0 aromatic carbocycles. The molecule has 0 spiro atoms. The van der Waals surface area contributed by atoms with E-state index in [1.807, 2.05) is 0 Å². The summed E-state index contributed by atoms with van der Waals surface area (Å²) in [6.45, 7) is 0.841. The van der Waals surface area contributed by atoms with E-state index in [1.54, 1.807) is 6.07 Å². The lowest BCUT2D eigenvalue weighted by Crippen LogP contribution is -2.77. The minimum atomic E-state index is -4.17. The monoisotopic (exact) mass is 404 g/mol. The Hall–Kier alpha value is -2.10. The predicted molar refractivity (Wildman–Crippen MR) is 88.1 cm³/mol. The Morgan fingerprint density at radius 1 is 1.50 bits per heavy atom. The van der Waals surface area contributed by atoms with Gasteiger partial charge in [-0.25, -0.2) is 13.2 Å². The molecule has 2 rings (SSSR count). The summed E-state index contributed by atoms with van der Waals surface area (Å²) >= 11 is 0.995. The van der Waals surface area contributed by atoms with Crippen LogP contribution >= 0.6 is 11.8 Å². The third-order valence-corrected chi connectivity index (χ3v) is 7.72. The first kappa shape index (κ1) is 20.2. The molecule has 0 unspecified atom stereocenters. The number of nitrogens with zero attached hydrogens (tertiary/aromatic N) is 2. The molecule has 0 aromatic rings. The average Bonchev–Trinajstić information content (AvgIpc) is 2.57. The summed E-state index contributed by atoms with van der Waals surface area (Å²) in [5, 5.41) is 17.0. The van der Waals surface area contributed by atoms with E-state index < -0.39 is 49.4 Å². The fraction of sp³-hybridized carbons (Fsp3) is 0.571. The Kier molecular flexibility index (Phi) is 5.64. The van der Waals surface area contributed by atoms with Crippen molar-refractivity contribution in [1.29, 1.82) is 5.26 Å². The van der Waals surface area contributed by atoms with Crippen LogP contribution in [0.5, 0.6) is 0 Å². The zero-order valence-electron chi connectivity index (χ0n) is 13.9. The molecule has 26 heavy (non-hydrogen) atoms. The molecular weight excluding hydrogens is 388 g/mol. The molecule has 1 fully saturated rings. The van der Waals surface area contributed by atoms with Gasteiger partial charge in [-0.2, -0.15) is 5.26 Å². The number of amides is 1. The second-order valence-corrected chi connectivity index (χ2v) is 8.79.